The van der Waals surface area contributed by atoms with Crippen molar-refractivity contribution in [2.24, 2.45) is 0 Å². The Morgan fingerprint density at radius 2 is 2.11 bits per heavy atom. The van der Waals surface area contributed by atoms with Crippen LogP contribution in [0.1, 0.15) is 11.8 Å². The lowest BCUT2D eigenvalue weighted by molar-refractivity contribution is -0.162. The molecule has 3 rings (SSSR count). The molecular formula is C17H18N2O6S2. The molecule has 3 atom stereocenters. The van der Waals surface area contributed by atoms with Crippen LogP contribution in [-0.4, -0.2) is 59.8 Å². The maximum Gasteiger partial charge on any atom is 0.333 e. The molecule has 2 aliphatic rings. The van der Waals surface area contributed by atoms with Crippen LogP contribution in [0.25, 0.3) is 0 Å². The Labute approximate surface area is 163 Å². The Morgan fingerprint density at radius 3 is 2.74 bits per heavy atom. The van der Waals surface area contributed by atoms with Gasteiger partial charge in [-0.1, -0.05) is 6.07 Å². The van der Waals surface area contributed by atoms with Crippen molar-refractivity contribution in [1.29, 1.82) is 0 Å². The van der Waals surface area contributed by atoms with Crippen molar-refractivity contribution in [1.82, 2.24) is 10.2 Å². The molecule has 1 aromatic rings. The highest BCUT2D eigenvalue weighted by atomic mass is 32.2. The second kappa shape index (κ2) is 8.13. The van der Waals surface area contributed by atoms with Crippen molar-refractivity contribution < 1.29 is 28.7 Å². The van der Waals surface area contributed by atoms with E-state index in [0.29, 0.717) is 5.57 Å². The van der Waals surface area contributed by atoms with Crippen molar-refractivity contribution in [3.63, 3.8) is 0 Å². The van der Waals surface area contributed by atoms with Gasteiger partial charge in [-0.2, -0.15) is 0 Å². The summed E-state index contributed by atoms with van der Waals surface area (Å²) in [5, 5.41) is 5.90. The van der Waals surface area contributed by atoms with Gasteiger partial charge in [0, 0.05) is 17.4 Å². The van der Waals surface area contributed by atoms with E-state index in [4.69, 9.17) is 9.47 Å². The number of esters is 2. The van der Waals surface area contributed by atoms with Crippen LogP contribution >= 0.6 is 23.1 Å². The number of fused-ring (bicyclic) bond motifs is 1. The number of amides is 2. The number of hydrogen-bond acceptors (Lipinski definition) is 8. The van der Waals surface area contributed by atoms with Gasteiger partial charge in [0.15, 0.2) is 6.04 Å². The van der Waals surface area contributed by atoms with Gasteiger partial charge in [-0.3, -0.25) is 14.4 Å². The second-order valence-electron chi connectivity index (χ2n) is 5.97. The zero-order valence-corrected chi connectivity index (χ0v) is 16.3. The average molecular weight is 410 g/mol. The molecule has 1 aromatic heterocycles. The molecule has 27 heavy (non-hydrogen) atoms. The van der Waals surface area contributed by atoms with Gasteiger partial charge in [0.25, 0.3) is 0 Å². The molecule has 0 saturated carbocycles. The number of thioether (sulfide) groups is 1. The summed E-state index contributed by atoms with van der Waals surface area (Å²) in [5.41, 5.74) is 0.468. The summed E-state index contributed by atoms with van der Waals surface area (Å²) in [6, 6.07) is 2.04. The van der Waals surface area contributed by atoms with Gasteiger partial charge in [0.05, 0.1) is 13.5 Å². The van der Waals surface area contributed by atoms with E-state index >= 15 is 0 Å². The molecule has 0 spiro atoms. The number of nitrogens with zero attached hydrogens (tertiary/aromatic N) is 1. The number of methoxy groups -OCH3 is 1. The number of carbonyl (C=O) groups excluding carboxylic acids is 4. The third-order valence-electron chi connectivity index (χ3n) is 4.17. The van der Waals surface area contributed by atoms with Gasteiger partial charge in [-0.05, 0) is 16.9 Å². The molecule has 0 aliphatic carbocycles. The molecule has 0 bridgehead atoms. The fourth-order valence-corrected chi connectivity index (χ4v) is 4.82. The van der Waals surface area contributed by atoms with Crippen molar-refractivity contribution in [2.75, 3.05) is 13.7 Å². The third-order valence-corrected chi connectivity index (χ3v) is 6.26. The fraction of sp³-hybridized carbons (Fsp3) is 0.412. The lowest BCUT2D eigenvalue weighted by Crippen LogP contribution is -2.74. The van der Waals surface area contributed by atoms with Crippen LogP contribution in [0.5, 0.6) is 0 Å². The predicted molar refractivity (Wildman–Crippen MR) is 98.7 cm³/mol. The van der Waals surface area contributed by atoms with Gasteiger partial charge in [-0.25, -0.2) is 4.79 Å². The van der Waals surface area contributed by atoms with E-state index in [2.05, 4.69) is 5.32 Å². The highest BCUT2D eigenvalue weighted by molar-refractivity contribution is 8.02. The van der Waals surface area contributed by atoms with Gasteiger partial charge in [0.1, 0.15) is 18.0 Å². The summed E-state index contributed by atoms with van der Waals surface area (Å²) in [6.45, 7) is 1.16. The van der Waals surface area contributed by atoms with Crippen LogP contribution in [-0.2, 0) is 35.1 Å². The topological polar surface area (TPSA) is 102 Å². The molecule has 1 N–H and O–H groups in total. The molecule has 3 heterocycles. The molecule has 1 fully saturated rings. The second-order valence-corrected chi connectivity index (χ2v) is 8.00. The molecule has 2 unspecified atom stereocenters. The Kier molecular flexibility index (Phi) is 5.85. The average Bonchev–Trinajstić information content (AvgIpc) is 3.15. The monoisotopic (exact) mass is 410 g/mol. The maximum absolute atomic E-state index is 12.6. The van der Waals surface area contributed by atoms with E-state index < -0.39 is 29.4 Å². The Bertz CT molecular complexity index is 791. The molecule has 2 amide bonds. The van der Waals surface area contributed by atoms with E-state index in [0.717, 1.165) is 4.88 Å². The van der Waals surface area contributed by atoms with Crippen molar-refractivity contribution >= 4 is 46.9 Å². The lowest BCUT2D eigenvalue weighted by Gasteiger charge is -2.51. The standard InChI is InChI=1S/C17H18N2O6S2/c1-9(20)25-7-10-8-27-16-13(15(22)19(16)14(10)17(23)24-2)18-12(21)6-11-4-3-5-26-11/h3-5,8,13-14,16H,6-7H2,1-2H3,(H,18,21)/t13?,14?,16-/m1/s1. The summed E-state index contributed by atoms with van der Waals surface area (Å²) >= 11 is 2.77. The van der Waals surface area contributed by atoms with Crippen LogP contribution in [0, 0.1) is 0 Å². The minimum atomic E-state index is -0.960. The van der Waals surface area contributed by atoms with Gasteiger partial charge in [0.2, 0.25) is 11.8 Å². The van der Waals surface area contributed by atoms with E-state index in [1.165, 1.54) is 42.0 Å². The minimum absolute atomic E-state index is 0.103. The summed E-state index contributed by atoms with van der Waals surface area (Å²) in [5.74, 6) is -1.72. The highest BCUT2D eigenvalue weighted by Gasteiger charge is 2.56. The number of ether oxygens (including phenoxy) is 2. The van der Waals surface area contributed by atoms with Crippen LogP contribution in [0.2, 0.25) is 0 Å². The maximum atomic E-state index is 12.6. The first-order chi connectivity index (χ1) is 12.9. The number of β-lactam (4-membered cyclic amide) rings is 1. The minimum Gasteiger partial charge on any atom is -0.467 e. The molecule has 0 aromatic carbocycles. The Morgan fingerprint density at radius 1 is 1.33 bits per heavy atom. The first-order valence-corrected chi connectivity index (χ1v) is 9.94. The first kappa shape index (κ1) is 19.4. The number of carbonyl (C=O) groups is 4. The van der Waals surface area contributed by atoms with Crippen molar-refractivity contribution in [3.05, 3.63) is 33.4 Å². The van der Waals surface area contributed by atoms with Crippen molar-refractivity contribution in [2.45, 2.75) is 30.8 Å². The summed E-state index contributed by atoms with van der Waals surface area (Å²) in [4.78, 5) is 50.3. The molecule has 144 valence electrons. The van der Waals surface area contributed by atoms with Gasteiger partial charge < -0.3 is 19.7 Å². The molecule has 2 aliphatic heterocycles. The summed E-state index contributed by atoms with van der Waals surface area (Å²) in [7, 11) is 1.23. The quantitative estimate of drug-likeness (QED) is 0.543. The normalized spacial score (nSPS) is 23.6. The Hall–Kier alpha value is -2.33. The van der Waals surface area contributed by atoms with Crippen molar-refractivity contribution in [3.8, 4) is 0 Å². The fourth-order valence-electron chi connectivity index (χ4n) is 2.91. The third kappa shape index (κ3) is 4.01. The molecule has 1 saturated heterocycles. The van der Waals surface area contributed by atoms with Crippen LogP contribution in [0.4, 0.5) is 0 Å². The zero-order valence-electron chi connectivity index (χ0n) is 14.7. The van der Waals surface area contributed by atoms with Crippen LogP contribution in [0.3, 0.4) is 0 Å². The van der Waals surface area contributed by atoms with Gasteiger partial charge in [-0.15, -0.1) is 23.1 Å². The molecule has 10 heteroatoms. The van der Waals surface area contributed by atoms with E-state index in [1.54, 1.807) is 5.41 Å². The lowest BCUT2D eigenvalue weighted by atomic mass is 9.98. The molecular weight excluding hydrogens is 392 g/mol. The largest absolute Gasteiger partial charge is 0.467 e. The van der Waals surface area contributed by atoms with Gasteiger partial charge >= 0.3 is 11.9 Å². The SMILES string of the molecule is COC(=O)C1C(COC(C)=O)=CS[C@@H]2C(NC(=O)Cc3cccs3)C(=O)N12. The summed E-state index contributed by atoms with van der Waals surface area (Å²) < 4.78 is 9.77. The summed E-state index contributed by atoms with van der Waals surface area (Å²) in [6.07, 6.45) is 0.201. The van der Waals surface area contributed by atoms with E-state index in [9.17, 15) is 19.2 Å². The number of thiophene rings is 1. The highest BCUT2D eigenvalue weighted by Crippen LogP contribution is 2.40. The van der Waals surface area contributed by atoms with E-state index in [1.807, 2.05) is 17.5 Å². The molecule has 0 radical (unpaired) electrons. The zero-order chi connectivity index (χ0) is 19.6. The number of rotatable bonds is 6. The van der Waals surface area contributed by atoms with Crippen LogP contribution in [0.15, 0.2) is 28.5 Å². The number of hydrogen-bond donors (Lipinski definition) is 1. The smallest absolute Gasteiger partial charge is 0.333 e. The first-order valence-electron chi connectivity index (χ1n) is 8.12. The Balaban J connectivity index is 1.70. The predicted octanol–water partition coefficient (Wildman–Crippen LogP) is 0.679. The number of nitrogens with one attached hydrogen (secondary N) is 1. The van der Waals surface area contributed by atoms with Crippen LogP contribution < -0.4 is 5.32 Å². The molecule has 8 nitrogen and oxygen atoms in total. The van der Waals surface area contributed by atoms with E-state index in [-0.39, 0.29) is 24.8 Å².